The van der Waals surface area contributed by atoms with Crippen molar-refractivity contribution in [3.8, 4) is 0 Å². The Hall–Kier alpha value is -1.84. The third-order valence-electron chi connectivity index (χ3n) is 4.50. The second kappa shape index (κ2) is 5.27. The molecule has 1 atom stereocenters. The van der Waals surface area contributed by atoms with Gasteiger partial charge in [-0.05, 0) is 30.4 Å². The lowest BCUT2D eigenvalue weighted by Gasteiger charge is -2.34. The number of anilines is 1. The Morgan fingerprint density at radius 3 is 2.70 bits per heavy atom. The number of likely N-dealkylation sites (tertiary alicyclic amines) is 1. The normalized spacial score (nSPS) is 22.6. The largest absolute Gasteiger partial charge is 0.343 e. The number of carbonyl (C=O) groups excluding carboxylic acids is 2. The first-order valence-electron chi connectivity index (χ1n) is 7.38. The Morgan fingerprint density at radius 2 is 2.00 bits per heavy atom. The predicted octanol–water partition coefficient (Wildman–Crippen LogP) is 2.37. The van der Waals surface area contributed by atoms with Gasteiger partial charge in [-0.25, -0.2) is 0 Å². The van der Waals surface area contributed by atoms with Crippen LogP contribution in [-0.4, -0.2) is 29.8 Å². The molecule has 0 aliphatic carbocycles. The van der Waals surface area contributed by atoms with Gasteiger partial charge in [0.2, 0.25) is 11.8 Å². The molecule has 0 aromatic heterocycles. The van der Waals surface area contributed by atoms with E-state index in [9.17, 15) is 9.59 Å². The zero-order valence-corrected chi connectivity index (χ0v) is 11.8. The summed E-state index contributed by atoms with van der Waals surface area (Å²) >= 11 is 0. The van der Waals surface area contributed by atoms with Crippen molar-refractivity contribution in [1.82, 2.24) is 4.90 Å². The maximum atomic E-state index is 12.2. The van der Waals surface area contributed by atoms with Crippen LogP contribution in [0.25, 0.3) is 0 Å². The quantitative estimate of drug-likeness (QED) is 0.898. The van der Waals surface area contributed by atoms with Gasteiger partial charge in [0.15, 0.2) is 0 Å². The van der Waals surface area contributed by atoms with Gasteiger partial charge < -0.3 is 10.2 Å². The Morgan fingerprint density at radius 1 is 1.30 bits per heavy atom. The fourth-order valence-electron chi connectivity index (χ4n) is 3.41. The number of hydrogen-bond acceptors (Lipinski definition) is 2. The van der Waals surface area contributed by atoms with E-state index < -0.39 is 0 Å². The number of para-hydroxylation sites is 1. The standard InChI is InChI=1S/C16H20N2O2/c1-2-14(19)18-9-7-11(8-10-18)15-12-5-3-4-6-13(12)17-16(15)20/h3-6,11,15H,2,7-10H2,1H3,(H,17,20). The lowest BCUT2D eigenvalue weighted by Crippen LogP contribution is -2.40. The highest BCUT2D eigenvalue weighted by Gasteiger charge is 2.38. The number of hydrogen-bond donors (Lipinski definition) is 1. The summed E-state index contributed by atoms with van der Waals surface area (Å²) in [7, 11) is 0. The van der Waals surface area contributed by atoms with E-state index in [1.54, 1.807) is 0 Å². The maximum absolute atomic E-state index is 12.2. The van der Waals surface area contributed by atoms with Crippen LogP contribution in [-0.2, 0) is 9.59 Å². The average Bonchev–Trinajstić information content (AvgIpc) is 2.82. The number of carbonyl (C=O) groups is 2. The van der Waals surface area contributed by atoms with Crippen molar-refractivity contribution in [1.29, 1.82) is 0 Å². The molecule has 1 saturated heterocycles. The van der Waals surface area contributed by atoms with Crippen LogP contribution in [0.3, 0.4) is 0 Å². The van der Waals surface area contributed by atoms with Gasteiger partial charge in [0.25, 0.3) is 0 Å². The van der Waals surface area contributed by atoms with Crippen molar-refractivity contribution in [2.75, 3.05) is 18.4 Å². The summed E-state index contributed by atoms with van der Waals surface area (Å²) in [4.78, 5) is 25.8. The molecule has 3 rings (SSSR count). The zero-order chi connectivity index (χ0) is 14.1. The summed E-state index contributed by atoms with van der Waals surface area (Å²) in [6, 6.07) is 7.94. The van der Waals surface area contributed by atoms with Crippen molar-refractivity contribution in [2.24, 2.45) is 5.92 Å². The molecule has 2 aliphatic heterocycles. The molecule has 2 aliphatic rings. The van der Waals surface area contributed by atoms with Crippen molar-refractivity contribution in [3.63, 3.8) is 0 Å². The fourth-order valence-corrected chi connectivity index (χ4v) is 3.41. The van der Waals surface area contributed by atoms with E-state index in [4.69, 9.17) is 0 Å². The van der Waals surface area contributed by atoms with Crippen LogP contribution in [0, 0.1) is 5.92 Å². The van der Waals surface area contributed by atoms with Crippen molar-refractivity contribution >= 4 is 17.5 Å². The number of nitrogens with one attached hydrogen (secondary N) is 1. The molecule has 4 heteroatoms. The number of fused-ring (bicyclic) bond motifs is 1. The summed E-state index contributed by atoms with van der Waals surface area (Å²) in [5.41, 5.74) is 2.08. The van der Waals surface area contributed by atoms with Crippen LogP contribution in [0.2, 0.25) is 0 Å². The molecule has 1 fully saturated rings. The summed E-state index contributed by atoms with van der Waals surface area (Å²) < 4.78 is 0. The van der Waals surface area contributed by atoms with Gasteiger partial charge >= 0.3 is 0 Å². The van der Waals surface area contributed by atoms with Gasteiger partial charge in [0.1, 0.15) is 0 Å². The van der Waals surface area contributed by atoms with E-state index >= 15 is 0 Å². The molecule has 0 spiro atoms. The molecule has 1 unspecified atom stereocenters. The molecule has 106 valence electrons. The highest BCUT2D eigenvalue weighted by Crippen LogP contribution is 2.41. The second-order valence-electron chi connectivity index (χ2n) is 5.63. The molecule has 1 aromatic rings. The van der Waals surface area contributed by atoms with Crippen molar-refractivity contribution in [2.45, 2.75) is 32.1 Å². The molecule has 1 aromatic carbocycles. The number of piperidine rings is 1. The highest BCUT2D eigenvalue weighted by atomic mass is 16.2. The summed E-state index contributed by atoms with van der Waals surface area (Å²) in [6.07, 6.45) is 2.40. The van der Waals surface area contributed by atoms with E-state index in [1.807, 2.05) is 36.1 Å². The first-order valence-corrected chi connectivity index (χ1v) is 7.38. The zero-order valence-electron chi connectivity index (χ0n) is 11.8. The first kappa shape index (κ1) is 13.2. The predicted molar refractivity (Wildman–Crippen MR) is 77.4 cm³/mol. The van der Waals surface area contributed by atoms with E-state index in [-0.39, 0.29) is 17.7 Å². The Kier molecular flexibility index (Phi) is 3.47. The first-order chi connectivity index (χ1) is 9.70. The SMILES string of the molecule is CCC(=O)N1CCC(C2C(=O)Nc3ccccc32)CC1. The minimum Gasteiger partial charge on any atom is -0.343 e. The Bertz CT molecular complexity index is 533. The number of amides is 2. The third-order valence-corrected chi connectivity index (χ3v) is 4.50. The lowest BCUT2D eigenvalue weighted by molar-refractivity contribution is -0.132. The summed E-state index contributed by atoms with van der Waals surface area (Å²) in [5, 5.41) is 2.97. The summed E-state index contributed by atoms with van der Waals surface area (Å²) in [5.74, 6) is 0.649. The monoisotopic (exact) mass is 272 g/mol. The van der Waals surface area contributed by atoms with Gasteiger partial charge in [-0.2, -0.15) is 0 Å². The van der Waals surface area contributed by atoms with Crippen LogP contribution in [0.5, 0.6) is 0 Å². The minimum atomic E-state index is -0.0370. The molecular weight excluding hydrogens is 252 g/mol. The Balaban J connectivity index is 1.73. The van der Waals surface area contributed by atoms with Crippen LogP contribution >= 0.6 is 0 Å². The maximum Gasteiger partial charge on any atom is 0.232 e. The van der Waals surface area contributed by atoms with E-state index in [1.165, 1.54) is 0 Å². The van der Waals surface area contributed by atoms with Crippen LogP contribution in [0.4, 0.5) is 5.69 Å². The second-order valence-corrected chi connectivity index (χ2v) is 5.63. The smallest absolute Gasteiger partial charge is 0.232 e. The minimum absolute atomic E-state index is 0.0370. The molecule has 0 saturated carbocycles. The number of nitrogens with zero attached hydrogens (tertiary/aromatic N) is 1. The molecular formula is C16H20N2O2. The molecule has 2 heterocycles. The van der Waals surface area contributed by atoms with Gasteiger partial charge in [0.05, 0.1) is 5.92 Å². The molecule has 0 bridgehead atoms. The highest BCUT2D eigenvalue weighted by molar-refractivity contribution is 6.03. The average molecular weight is 272 g/mol. The third kappa shape index (κ3) is 2.19. The molecule has 0 radical (unpaired) electrons. The topological polar surface area (TPSA) is 49.4 Å². The van der Waals surface area contributed by atoms with Crippen LogP contribution in [0.1, 0.15) is 37.7 Å². The molecule has 20 heavy (non-hydrogen) atoms. The van der Waals surface area contributed by atoms with Gasteiger partial charge in [-0.15, -0.1) is 0 Å². The Labute approximate surface area is 119 Å². The van der Waals surface area contributed by atoms with Gasteiger partial charge in [-0.1, -0.05) is 25.1 Å². The van der Waals surface area contributed by atoms with Crippen LogP contribution < -0.4 is 5.32 Å². The molecule has 4 nitrogen and oxygen atoms in total. The molecule has 2 amide bonds. The van der Waals surface area contributed by atoms with Gasteiger partial charge in [-0.3, -0.25) is 9.59 Å². The lowest BCUT2D eigenvalue weighted by atomic mass is 9.81. The van der Waals surface area contributed by atoms with Crippen LogP contribution in [0.15, 0.2) is 24.3 Å². The number of benzene rings is 1. The van der Waals surface area contributed by atoms with Crippen molar-refractivity contribution in [3.05, 3.63) is 29.8 Å². The van der Waals surface area contributed by atoms with E-state index in [0.29, 0.717) is 12.3 Å². The van der Waals surface area contributed by atoms with Crippen molar-refractivity contribution < 1.29 is 9.59 Å². The summed E-state index contributed by atoms with van der Waals surface area (Å²) in [6.45, 7) is 3.46. The molecule has 1 N–H and O–H groups in total. The van der Waals surface area contributed by atoms with E-state index in [2.05, 4.69) is 5.32 Å². The number of rotatable bonds is 2. The van der Waals surface area contributed by atoms with Gasteiger partial charge in [0, 0.05) is 25.2 Å². The fraction of sp³-hybridized carbons (Fsp3) is 0.500. The van der Waals surface area contributed by atoms with E-state index in [0.717, 1.165) is 37.2 Å².